The van der Waals surface area contributed by atoms with E-state index in [-0.39, 0.29) is 24.7 Å². The van der Waals surface area contributed by atoms with Crippen LogP contribution in [-0.4, -0.2) is 16.0 Å². The minimum atomic E-state index is -0.124. The van der Waals surface area contributed by atoms with Crippen molar-refractivity contribution in [1.29, 1.82) is 0 Å². The van der Waals surface area contributed by atoms with E-state index >= 15 is 0 Å². The topological polar surface area (TPSA) is 94.0 Å². The summed E-state index contributed by atoms with van der Waals surface area (Å²) in [7, 11) is 0. The summed E-state index contributed by atoms with van der Waals surface area (Å²) in [6, 6.07) is 5.23. The number of hydrogen-bond acceptors (Lipinski definition) is 5. The second-order valence-corrected chi connectivity index (χ2v) is 3.97. The number of rotatable bonds is 4. The lowest BCUT2D eigenvalue weighted by Gasteiger charge is -2.02. The molecule has 19 heavy (non-hydrogen) atoms. The van der Waals surface area contributed by atoms with Gasteiger partial charge in [0, 0.05) is 11.8 Å². The zero-order valence-corrected chi connectivity index (χ0v) is 11.2. The quantitative estimate of drug-likeness (QED) is 0.880. The number of nitrogen functional groups attached to an aromatic ring is 1. The average Bonchev–Trinajstić information content (AvgIpc) is 2.76. The van der Waals surface area contributed by atoms with Crippen LogP contribution in [0.3, 0.4) is 0 Å². The van der Waals surface area contributed by atoms with Crippen LogP contribution in [0.2, 0.25) is 0 Å². The second-order valence-electron chi connectivity index (χ2n) is 3.97. The first-order chi connectivity index (χ1) is 8.63. The highest BCUT2D eigenvalue weighted by atomic mass is 35.5. The maximum Gasteiger partial charge on any atom is 0.226 e. The Hall–Kier alpha value is -2.08. The average molecular weight is 283 g/mol. The fraction of sp³-hybridized carbons (Fsp3) is 0.250. The normalized spacial score (nSPS) is 9.74. The van der Waals surface area contributed by atoms with E-state index < -0.39 is 0 Å². The van der Waals surface area contributed by atoms with Crippen LogP contribution >= 0.6 is 12.4 Å². The van der Waals surface area contributed by atoms with E-state index in [4.69, 9.17) is 10.3 Å². The van der Waals surface area contributed by atoms with Crippen molar-refractivity contribution in [2.24, 2.45) is 0 Å². The number of carbonyl (C=O) groups excluding carboxylic acids is 1. The molecular weight excluding hydrogens is 268 g/mol. The van der Waals surface area contributed by atoms with Crippen molar-refractivity contribution in [2.45, 2.75) is 19.9 Å². The van der Waals surface area contributed by atoms with Crippen LogP contribution in [0.25, 0.3) is 0 Å². The lowest BCUT2D eigenvalue weighted by molar-refractivity contribution is -0.120. The second kappa shape index (κ2) is 6.75. The smallest absolute Gasteiger partial charge is 0.226 e. The molecule has 0 saturated carbocycles. The molecule has 2 heterocycles. The lowest BCUT2D eigenvalue weighted by atomic mass is 10.2. The molecule has 0 aliphatic heterocycles. The van der Waals surface area contributed by atoms with Crippen LogP contribution in [0, 0.1) is 6.92 Å². The Kier molecular flexibility index (Phi) is 5.32. The highest BCUT2D eigenvalue weighted by Gasteiger charge is 2.06. The first kappa shape index (κ1) is 15.0. The number of hydrogen-bond donors (Lipinski definition) is 2. The summed E-state index contributed by atoms with van der Waals surface area (Å²) in [4.78, 5) is 15.7. The molecule has 0 bridgehead atoms. The molecule has 6 nitrogen and oxygen atoms in total. The molecule has 2 rings (SSSR count). The van der Waals surface area contributed by atoms with Gasteiger partial charge in [-0.2, -0.15) is 0 Å². The molecule has 2 aromatic rings. The van der Waals surface area contributed by atoms with Crippen molar-refractivity contribution >= 4 is 24.0 Å². The summed E-state index contributed by atoms with van der Waals surface area (Å²) in [5, 5.41) is 6.47. The highest BCUT2D eigenvalue weighted by molar-refractivity contribution is 5.85. The van der Waals surface area contributed by atoms with Crippen LogP contribution in [0.15, 0.2) is 28.9 Å². The van der Waals surface area contributed by atoms with E-state index in [1.165, 1.54) is 6.20 Å². The Morgan fingerprint density at radius 1 is 1.47 bits per heavy atom. The van der Waals surface area contributed by atoms with E-state index in [0.717, 1.165) is 5.69 Å². The van der Waals surface area contributed by atoms with Crippen LogP contribution < -0.4 is 11.1 Å². The number of nitrogens with one attached hydrogen (secondary N) is 1. The molecule has 102 valence electrons. The number of amides is 1. The predicted molar refractivity (Wildman–Crippen MR) is 72.7 cm³/mol. The highest BCUT2D eigenvalue weighted by Crippen LogP contribution is 2.03. The summed E-state index contributed by atoms with van der Waals surface area (Å²) in [6.45, 7) is 2.15. The zero-order valence-electron chi connectivity index (χ0n) is 10.4. The standard InChI is InChI=1S/C12H14N4O2.ClH/c1-8-4-11(18-16-8)7-15-12(17)5-10-3-2-9(13)6-14-10;/h2-4,6H,5,7,13H2,1H3,(H,15,17);1H. The molecule has 1 amide bonds. The molecule has 0 unspecified atom stereocenters. The number of anilines is 1. The van der Waals surface area contributed by atoms with Gasteiger partial charge in [-0.25, -0.2) is 0 Å². The van der Waals surface area contributed by atoms with E-state index in [2.05, 4.69) is 15.5 Å². The zero-order chi connectivity index (χ0) is 13.0. The van der Waals surface area contributed by atoms with E-state index in [0.29, 0.717) is 23.7 Å². The Morgan fingerprint density at radius 3 is 2.84 bits per heavy atom. The van der Waals surface area contributed by atoms with Crippen LogP contribution in [0.1, 0.15) is 17.1 Å². The lowest BCUT2D eigenvalue weighted by Crippen LogP contribution is -2.24. The molecule has 0 spiro atoms. The van der Waals surface area contributed by atoms with Crippen LogP contribution in [0.5, 0.6) is 0 Å². The summed E-state index contributed by atoms with van der Waals surface area (Å²) < 4.78 is 4.98. The van der Waals surface area contributed by atoms with Gasteiger partial charge in [-0.1, -0.05) is 5.16 Å². The molecule has 0 aromatic carbocycles. The third-order valence-electron chi connectivity index (χ3n) is 2.33. The molecule has 3 N–H and O–H groups in total. The molecule has 0 aliphatic carbocycles. The Morgan fingerprint density at radius 2 is 2.26 bits per heavy atom. The van der Waals surface area contributed by atoms with Crippen LogP contribution in [-0.2, 0) is 17.8 Å². The first-order valence-electron chi connectivity index (χ1n) is 5.53. The predicted octanol–water partition coefficient (Wildman–Crippen LogP) is 1.24. The number of halogens is 1. The number of nitrogens with two attached hydrogens (primary N) is 1. The first-order valence-corrected chi connectivity index (χ1v) is 5.53. The molecule has 0 saturated heterocycles. The summed E-state index contributed by atoms with van der Waals surface area (Å²) in [6.07, 6.45) is 1.75. The van der Waals surface area contributed by atoms with Gasteiger partial charge >= 0.3 is 0 Å². The van der Waals surface area contributed by atoms with Gasteiger partial charge in [-0.15, -0.1) is 12.4 Å². The Balaban J connectivity index is 0.00000180. The van der Waals surface area contributed by atoms with Crippen molar-refractivity contribution < 1.29 is 9.32 Å². The number of aromatic nitrogens is 2. The molecule has 2 aromatic heterocycles. The fourth-order valence-electron chi connectivity index (χ4n) is 1.45. The Bertz CT molecular complexity index is 539. The van der Waals surface area contributed by atoms with Gasteiger partial charge in [0.05, 0.1) is 30.5 Å². The third kappa shape index (κ3) is 4.59. The van der Waals surface area contributed by atoms with Crippen molar-refractivity contribution in [3.8, 4) is 0 Å². The monoisotopic (exact) mass is 282 g/mol. The largest absolute Gasteiger partial charge is 0.397 e. The summed E-state index contributed by atoms with van der Waals surface area (Å²) in [5.41, 5.74) is 7.56. The summed E-state index contributed by atoms with van der Waals surface area (Å²) in [5.74, 6) is 0.507. The maximum absolute atomic E-state index is 11.6. The van der Waals surface area contributed by atoms with E-state index in [1.807, 2.05) is 6.92 Å². The Labute approximate surface area is 116 Å². The van der Waals surface area contributed by atoms with Gasteiger partial charge < -0.3 is 15.6 Å². The SMILES string of the molecule is Cc1cc(CNC(=O)Cc2ccc(N)cn2)on1.Cl. The number of carbonyl (C=O) groups is 1. The van der Waals surface area contributed by atoms with Gasteiger partial charge in [-0.05, 0) is 19.1 Å². The molecule has 0 radical (unpaired) electrons. The number of nitrogens with zero attached hydrogens (tertiary/aromatic N) is 2. The van der Waals surface area contributed by atoms with Gasteiger partial charge in [0.15, 0.2) is 5.76 Å². The van der Waals surface area contributed by atoms with Crippen molar-refractivity contribution in [2.75, 3.05) is 5.73 Å². The molecule has 0 atom stereocenters. The number of pyridine rings is 1. The molecular formula is C12H15ClN4O2. The molecule has 7 heteroatoms. The minimum Gasteiger partial charge on any atom is -0.397 e. The van der Waals surface area contributed by atoms with Gasteiger partial charge in [0.1, 0.15) is 0 Å². The molecule has 0 fully saturated rings. The third-order valence-corrected chi connectivity index (χ3v) is 2.33. The minimum absolute atomic E-state index is 0. The van der Waals surface area contributed by atoms with Crippen molar-refractivity contribution in [3.05, 3.63) is 41.5 Å². The summed E-state index contributed by atoms with van der Waals surface area (Å²) >= 11 is 0. The van der Waals surface area contributed by atoms with Crippen molar-refractivity contribution in [3.63, 3.8) is 0 Å². The van der Waals surface area contributed by atoms with Gasteiger partial charge in [-0.3, -0.25) is 9.78 Å². The molecule has 0 aliphatic rings. The van der Waals surface area contributed by atoms with Crippen molar-refractivity contribution in [1.82, 2.24) is 15.5 Å². The fourth-order valence-corrected chi connectivity index (χ4v) is 1.45. The van der Waals surface area contributed by atoms with Gasteiger partial charge in [0.2, 0.25) is 5.91 Å². The van der Waals surface area contributed by atoms with Gasteiger partial charge in [0.25, 0.3) is 0 Å². The van der Waals surface area contributed by atoms with E-state index in [1.54, 1.807) is 18.2 Å². The maximum atomic E-state index is 11.6. The van der Waals surface area contributed by atoms with E-state index in [9.17, 15) is 4.79 Å². The number of aryl methyl sites for hydroxylation is 1. The van der Waals surface area contributed by atoms with Crippen LogP contribution in [0.4, 0.5) is 5.69 Å².